The summed E-state index contributed by atoms with van der Waals surface area (Å²) in [5, 5.41) is 13.9. The van der Waals surface area contributed by atoms with Gasteiger partial charge in [0.1, 0.15) is 17.6 Å². The van der Waals surface area contributed by atoms with E-state index in [0.717, 1.165) is 61.8 Å². The van der Waals surface area contributed by atoms with Crippen molar-refractivity contribution in [1.29, 1.82) is 0 Å². The second kappa shape index (κ2) is 22.5. The largest absolute Gasteiger partial charge is 0.379 e. The first-order valence-electron chi connectivity index (χ1n) is 27.9. The zero-order valence-electron chi connectivity index (χ0n) is 44.4. The molecule has 4 saturated carbocycles. The van der Waals surface area contributed by atoms with Gasteiger partial charge >= 0.3 is 0 Å². The number of rotatable bonds is 21. The Bertz CT molecular complexity index is 3300. The maximum Gasteiger partial charge on any atom is 0.270 e. The molecule has 6 amide bonds. The highest BCUT2D eigenvalue weighted by Gasteiger charge is 2.51. The number of carbonyl (C=O) groups is 6. The minimum absolute atomic E-state index is 0.0635. The van der Waals surface area contributed by atoms with Crippen LogP contribution in [0.4, 0.5) is 10.9 Å². The van der Waals surface area contributed by atoms with Gasteiger partial charge in [0, 0.05) is 61.6 Å². The smallest absolute Gasteiger partial charge is 0.270 e. The summed E-state index contributed by atoms with van der Waals surface area (Å²) in [5.74, 6) is 0.516. The fraction of sp³-hybridized carbons (Fsp3) is 0.450. The van der Waals surface area contributed by atoms with Crippen molar-refractivity contribution in [2.75, 3.05) is 62.9 Å². The van der Waals surface area contributed by atoms with Crippen molar-refractivity contribution in [3.05, 3.63) is 124 Å². The summed E-state index contributed by atoms with van der Waals surface area (Å²) in [6.45, 7) is 6.36. The standard InChI is InChI=1S/C60H65N9O9S/c1-36-45(33-62-68(36)35-60-30-37-27-38(31-60)29-39(28-37)32-60)42-14-16-50(67-20-18-40-7-4-10-43(46(40)34-67)54(71)66-59-63-47-12-2-3-13-49(47)79-59)64-53(42)56(73)61-19-22-77-24-26-78-25-23-76-21-6-9-41-8-5-11-44-52(41)58(75)69(57(44)74)48-15-17-51(70)65-55(48)72/h2-5,7-8,10-14,16,33,37-39,48H,6,9,15,17-32,34-35H2,1H3,(H,61,73)(H,63,66,71)(H,65,70,72). The molecule has 1 saturated heterocycles. The highest BCUT2D eigenvalue weighted by Crippen LogP contribution is 2.60. The van der Waals surface area contributed by atoms with Crippen LogP contribution in [0.15, 0.2) is 79.0 Å². The Morgan fingerprint density at radius 2 is 1.52 bits per heavy atom. The summed E-state index contributed by atoms with van der Waals surface area (Å²) in [4.78, 5) is 91.9. The molecule has 3 N–H and O–H groups in total. The Kier molecular flexibility index (Phi) is 15.0. The van der Waals surface area contributed by atoms with Crippen LogP contribution in [0.25, 0.3) is 21.3 Å². The second-order valence-electron chi connectivity index (χ2n) is 22.3. The van der Waals surface area contributed by atoms with Crippen LogP contribution < -0.4 is 20.9 Å². The molecule has 1 unspecified atom stereocenters. The lowest BCUT2D eigenvalue weighted by atomic mass is 9.49. The lowest BCUT2D eigenvalue weighted by molar-refractivity contribution is -0.136. The Morgan fingerprint density at radius 1 is 0.772 bits per heavy atom. The zero-order chi connectivity index (χ0) is 54.2. The molecule has 4 aliphatic carbocycles. The number of aromatic nitrogens is 4. The summed E-state index contributed by atoms with van der Waals surface area (Å²) in [5.41, 5.74) is 7.94. The molecule has 0 radical (unpaired) electrons. The highest BCUT2D eigenvalue weighted by molar-refractivity contribution is 7.22. The maximum atomic E-state index is 14.4. The van der Waals surface area contributed by atoms with E-state index in [1.807, 2.05) is 54.7 Å². The van der Waals surface area contributed by atoms with Gasteiger partial charge in [0.25, 0.3) is 23.6 Å². The normalized spacial score (nSPS) is 22.1. The maximum absolute atomic E-state index is 14.4. The van der Waals surface area contributed by atoms with E-state index in [1.54, 1.807) is 18.2 Å². The lowest BCUT2D eigenvalue weighted by Gasteiger charge is -2.56. The number of hydrogen-bond donors (Lipinski definition) is 3. The SMILES string of the molecule is Cc1c(-c2ccc(N3CCc4cccc(C(=O)Nc5nc6ccccc6s5)c4C3)nc2C(=O)NCCOCCOCCOCCCc2cccc3c2C(=O)N(C2CCC(=O)NC2=O)C3=O)cnn1CC12CC3CC(CC(C3)C1)C2. The Hall–Kier alpha value is -7.19. The summed E-state index contributed by atoms with van der Waals surface area (Å²) in [6.07, 6.45) is 11.8. The number of nitrogens with one attached hydrogen (secondary N) is 3. The van der Waals surface area contributed by atoms with Crippen molar-refractivity contribution in [2.24, 2.45) is 23.2 Å². The molecule has 3 aromatic carbocycles. The number of carbonyl (C=O) groups excluding carboxylic acids is 6. The molecule has 1 atom stereocenters. The third-order valence-corrected chi connectivity index (χ3v) is 18.0. The monoisotopic (exact) mass is 1090 g/mol. The molecule has 6 aromatic rings. The van der Waals surface area contributed by atoms with Gasteiger partial charge in [-0.15, -0.1) is 0 Å². The van der Waals surface area contributed by atoms with E-state index in [9.17, 15) is 28.8 Å². The average Bonchev–Trinajstić information content (AvgIpc) is 4.35. The molecule has 7 aliphatic rings. The van der Waals surface area contributed by atoms with Gasteiger partial charge in [-0.3, -0.25) is 49.0 Å². The van der Waals surface area contributed by atoms with Crippen LogP contribution in [0, 0.1) is 30.1 Å². The molecule has 410 valence electrons. The van der Waals surface area contributed by atoms with Gasteiger partial charge in [-0.1, -0.05) is 47.7 Å². The first-order valence-corrected chi connectivity index (χ1v) is 28.7. The quantitative estimate of drug-likeness (QED) is 0.0466. The van der Waals surface area contributed by atoms with Crippen LogP contribution in [-0.4, -0.2) is 119 Å². The lowest BCUT2D eigenvalue weighted by Crippen LogP contribution is -2.54. The number of nitrogens with zero attached hydrogens (tertiary/aromatic N) is 6. The Balaban J connectivity index is 0.643. The van der Waals surface area contributed by atoms with E-state index in [0.29, 0.717) is 104 Å². The Labute approximate surface area is 462 Å². The average molecular weight is 1090 g/mol. The van der Waals surface area contributed by atoms with Crippen molar-refractivity contribution in [3.8, 4) is 11.1 Å². The number of thiazole rings is 1. The van der Waals surface area contributed by atoms with Crippen LogP contribution in [-0.2, 0) is 49.7 Å². The summed E-state index contributed by atoms with van der Waals surface area (Å²) in [7, 11) is 0. The molecule has 4 bridgehead atoms. The molecular formula is C60H65N9O9S. The number of ether oxygens (including phenoxy) is 3. The molecule has 3 aromatic heterocycles. The fourth-order valence-electron chi connectivity index (χ4n) is 13.8. The third kappa shape index (κ3) is 10.8. The van der Waals surface area contributed by atoms with Crippen molar-refractivity contribution in [3.63, 3.8) is 0 Å². The number of piperidine rings is 1. The molecule has 6 heterocycles. The first-order chi connectivity index (χ1) is 38.5. The van der Waals surface area contributed by atoms with Gasteiger partial charge in [-0.05, 0) is 147 Å². The van der Waals surface area contributed by atoms with Gasteiger partial charge in [-0.2, -0.15) is 5.10 Å². The molecule has 18 nitrogen and oxygen atoms in total. The van der Waals surface area contributed by atoms with Gasteiger partial charge in [-0.25, -0.2) is 9.97 Å². The van der Waals surface area contributed by atoms with E-state index in [1.165, 1.54) is 49.9 Å². The number of aryl methyl sites for hydroxylation is 1. The Morgan fingerprint density at radius 3 is 2.29 bits per heavy atom. The number of benzene rings is 3. The zero-order valence-corrected chi connectivity index (χ0v) is 45.2. The van der Waals surface area contributed by atoms with Gasteiger partial charge in [0.15, 0.2) is 5.13 Å². The molecule has 0 spiro atoms. The number of fused-ring (bicyclic) bond motifs is 3. The van der Waals surface area contributed by atoms with Crippen molar-refractivity contribution >= 4 is 67.9 Å². The summed E-state index contributed by atoms with van der Waals surface area (Å²) in [6, 6.07) is 21.8. The summed E-state index contributed by atoms with van der Waals surface area (Å²) < 4.78 is 20.6. The van der Waals surface area contributed by atoms with Crippen molar-refractivity contribution < 1.29 is 43.0 Å². The summed E-state index contributed by atoms with van der Waals surface area (Å²) >= 11 is 1.44. The van der Waals surface area contributed by atoms with E-state index in [4.69, 9.17) is 24.3 Å². The number of para-hydroxylation sites is 1. The molecule has 5 fully saturated rings. The minimum atomic E-state index is -1.01. The van der Waals surface area contributed by atoms with Gasteiger partial charge in [0.2, 0.25) is 11.8 Å². The van der Waals surface area contributed by atoms with Gasteiger partial charge < -0.3 is 24.4 Å². The predicted molar refractivity (Wildman–Crippen MR) is 296 cm³/mol. The second-order valence-corrected chi connectivity index (χ2v) is 23.4. The molecule has 13 rings (SSSR count). The van der Waals surface area contributed by atoms with Gasteiger partial charge in [0.05, 0.1) is 60.6 Å². The molecule has 19 heteroatoms. The highest BCUT2D eigenvalue weighted by atomic mass is 32.1. The predicted octanol–water partition coefficient (Wildman–Crippen LogP) is 7.71. The minimum Gasteiger partial charge on any atom is -0.379 e. The number of imide groups is 2. The van der Waals surface area contributed by atoms with E-state index >= 15 is 0 Å². The third-order valence-electron chi connectivity index (χ3n) is 17.1. The van der Waals surface area contributed by atoms with E-state index < -0.39 is 29.7 Å². The number of anilines is 2. The topological polar surface area (TPSA) is 216 Å². The van der Waals surface area contributed by atoms with Crippen molar-refractivity contribution in [2.45, 2.75) is 96.7 Å². The van der Waals surface area contributed by atoms with Crippen LogP contribution >= 0.6 is 11.3 Å². The fourth-order valence-corrected chi connectivity index (χ4v) is 14.6. The first kappa shape index (κ1) is 52.5. The van der Waals surface area contributed by atoms with Crippen LogP contribution in [0.2, 0.25) is 0 Å². The van der Waals surface area contributed by atoms with Crippen molar-refractivity contribution in [1.82, 2.24) is 35.3 Å². The molecular weight excluding hydrogens is 1020 g/mol. The number of amides is 6. The van der Waals surface area contributed by atoms with E-state index in [-0.39, 0.29) is 48.8 Å². The van der Waals surface area contributed by atoms with Crippen LogP contribution in [0.3, 0.4) is 0 Å². The number of pyridine rings is 1. The number of hydrogen-bond acceptors (Lipinski definition) is 14. The van der Waals surface area contributed by atoms with E-state index in [2.05, 4.69) is 43.5 Å². The molecule has 79 heavy (non-hydrogen) atoms. The van der Waals surface area contributed by atoms with Crippen LogP contribution in [0.1, 0.15) is 122 Å². The molecule has 3 aliphatic heterocycles. The van der Waals surface area contributed by atoms with Crippen LogP contribution in [0.5, 0.6) is 0 Å².